The summed E-state index contributed by atoms with van der Waals surface area (Å²) in [5.41, 5.74) is 0. The SMILES string of the molecule is CCCC/C=C\C/C=C\CCCCCCCC(=O)OCC(COC(=O)CCCCCCCCCCCCCCCCCCCCCCCCCCCCCCC)OC(=O)CCCCCCCCCCCCCCCCCCCCCCC. The largest absolute Gasteiger partial charge is 0.462 e. The normalized spacial score (nSPS) is 12.1. The van der Waals surface area contributed by atoms with Crippen molar-refractivity contribution >= 4 is 17.9 Å². The molecule has 0 saturated heterocycles. The number of ether oxygens (including phenoxy) is 3. The molecule has 0 radical (unpaired) electrons. The molecule has 0 heterocycles. The lowest BCUT2D eigenvalue weighted by atomic mass is 10.0. The first-order valence-corrected chi connectivity index (χ1v) is 37.3. The first kappa shape index (κ1) is 79.9. The minimum absolute atomic E-state index is 0.0691. The number of esters is 3. The van der Waals surface area contributed by atoms with Crippen molar-refractivity contribution in [2.75, 3.05) is 13.2 Å². The zero-order valence-electron chi connectivity index (χ0n) is 55.8. The third kappa shape index (κ3) is 68.7. The fourth-order valence-electron chi connectivity index (χ4n) is 11.6. The molecule has 0 aromatic heterocycles. The van der Waals surface area contributed by atoms with E-state index in [1.165, 1.54) is 308 Å². The second-order valence-electron chi connectivity index (χ2n) is 25.6. The van der Waals surface area contributed by atoms with Crippen LogP contribution in [0.1, 0.15) is 425 Å². The Labute approximate surface area is 513 Å². The number of hydrogen-bond acceptors (Lipinski definition) is 6. The smallest absolute Gasteiger partial charge is 0.306 e. The Hall–Kier alpha value is -2.11. The highest BCUT2D eigenvalue weighted by Gasteiger charge is 2.20. The molecular formula is C76H144O6. The molecule has 484 valence electrons. The summed E-state index contributed by atoms with van der Waals surface area (Å²) in [7, 11) is 0. The Morgan fingerprint density at radius 2 is 0.451 bits per heavy atom. The van der Waals surface area contributed by atoms with Crippen LogP contribution in [0.25, 0.3) is 0 Å². The van der Waals surface area contributed by atoms with Gasteiger partial charge in [0.25, 0.3) is 0 Å². The third-order valence-electron chi connectivity index (χ3n) is 17.2. The molecule has 6 heteroatoms. The molecule has 82 heavy (non-hydrogen) atoms. The summed E-state index contributed by atoms with van der Waals surface area (Å²) in [6, 6.07) is 0. The van der Waals surface area contributed by atoms with Gasteiger partial charge in [-0.15, -0.1) is 0 Å². The van der Waals surface area contributed by atoms with Crippen molar-refractivity contribution in [1.82, 2.24) is 0 Å². The molecular weight excluding hydrogens is 1010 g/mol. The van der Waals surface area contributed by atoms with Crippen molar-refractivity contribution < 1.29 is 28.6 Å². The minimum atomic E-state index is -0.774. The summed E-state index contributed by atoms with van der Waals surface area (Å²) in [4.78, 5) is 38.5. The summed E-state index contributed by atoms with van der Waals surface area (Å²) in [5, 5.41) is 0. The van der Waals surface area contributed by atoms with Crippen molar-refractivity contribution in [1.29, 1.82) is 0 Å². The molecule has 0 aromatic rings. The van der Waals surface area contributed by atoms with Crippen LogP contribution < -0.4 is 0 Å². The Bertz CT molecular complexity index is 1320. The Morgan fingerprint density at radius 3 is 0.707 bits per heavy atom. The van der Waals surface area contributed by atoms with E-state index in [0.29, 0.717) is 19.3 Å². The van der Waals surface area contributed by atoms with Crippen molar-refractivity contribution in [3.63, 3.8) is 0 Å². The van der Waals surface area contributed by atoms with E-state index in [2.05, 4.69) is 45.1 Å². The van der Waals surface area contributed by atoms with E-state index in [1.54, 1.807) is 0 Å². The molecule has 1 atom stereocenters. The lowest BCUT2D eigenvalue weighted by molar-refractivity contribution is -0.167. The molecule has 0 spiro atoms. The van der Waals surface area contributed by atoms with Gasteiger partial charge in [-0.1, -0.05) is 385 Å². The van der Waals surface area contributed by atoms with Crippen LogP contribution in [0, 0.1) is 0 Å². The minimum Gasteiger partial charge on any atom is -0.462 e. The van der Waals surface area contributed by atoms with Gasteiger partial charge in [-0.2, -0.15) is 0 Å². The molecule has 0 aromatic carbocycles. The van der Waals surface area contributed by atoms with E-state index in [9.17, 15) is 14.4 Å². The highest BCUT2D eigenvalue weighted by molar-refractivity contribution is 5.71. The van der Waals surface area contributed by atoms with E-state index < -0.39 is 6.10 Å². The Kier molecular flexibility index (Phi) is 69.5. The van der Waals surface area contributed by atoms with E-state index in [0.717, 1.165) is 77.0 Å². The van der Waals surface area contributed by atoms with Gasteiger partial charge in [0.1, 0.15) is 13.2 Å². The number of unbranched alkanes of at least 4 members (excludes halogenated alkanes) is 55. The molecule has 0 bridgehead atoms. The topological polar surface area (TPSA) is 78.9 Å². The summed E-state index contributed by atoms with van der Waals surface area (Å²) < 4.78 is 17.0. The number of allylic oxidation sites excluding steroid dienone is 4. The molecule has 0 rings (SSSR count). The fraction of sp³-hybridized carbons (Fsp3) is 0.908. The highest BCUT2D eigenvalue weighted by Crippen LogP contribution is 2.20. The predicted octanol–water partition coefficient (Wildman–Crippen LogP) is 25.7. The fourth-order valence-corrected chi connectivity index (χ4v) is 11.6. The number of carbonyl (C=O) groups is 3. The van der Waals surface area contributed by atoms with Gasteiger partial charge in [-0.25, -0.2) is 0 Å². The van der Waals surface area contributed by atoms with Crippen LogP contribution in [0.4, 0.5) is 0 Å². The van der Waals surface area contributed by atoms with Crippen molar-refractivity contribution in [3.05, 3.63) is 24.3 Å². The summed E-state index contributed by atoms with van der Waals surface area (Å²) >= 11 is 0. The van der Waals surface area contributed by atoms with E-state index in [-0.39, 0.29) is 31.1 Å². The quantitative estimate of drug-likeness (QED) is 0.0261. The van der Waals surface area contributed by atoms with Gasteiger partial charge in [0, 0.05) is 19.3 Å². The van der Waals surface area contributed by atoms with Gasteiger partial charge < -0.3 is 14.2 Å². The molecule has 0 fully saturated rings. The zero-order chi connectivity index (χ0) is 59.2. The van der Waals surface area contributed by atoms with Crippen LogP contribution in [0.15, 0.2) is 24.3 Å². The van der Waals surface area contributed by atoms with E-state index in [4.69, 9.17) is 14.2 Å². The van der Waals surface area contributed by atoms with Gasteiger partial charge in [0.2, 0.25) is 0 Å². The van der Waals surface area contributed by atoms with Gasteiger partial charge in [0.15, 0.2) is 6.10 Å². The summed E-state index contributed by atoms with van der Waals surface area (Å²) in [6.45, 7) is 6.68. The zero-order valence-corrected chi connectivity index (χ0v) is 55.8. The monoisotopic (exact) mass is 1150 g/mol. The summed E-state index contributed by atoms with van der Waals surface area (Å²) in [6.07, 6.45) is 88.0. The molecule has 0 saturated carbocycles. The van der Waals surface area contributed by atoms with Gasteiger partial charge >= 0.3 is 17.9 Å². The first-order valence-electron chi connectivity index (χ1n) is 37.3. The summed E-state index contributed by atoms with van der Waals surface area (Å²) in [5.74, 6) is -0.849. The molecule has 6 nitrogen and oxygen atoms in total. The average molecular weight is 1150 g/mol. The van der Waals surface area contributed by atoms with Crippen LogP contribution in [-0.4, -0.2) is 37.2 Å². The second-order valence-corrected chi connectivity index (χ2v) is 25.6. The number of rotatable bonds is 70. The molecule has 0 aliphatic carbocycles. The van der Waals surface area contributed by atoms with Crippen molar-refractivity contribution in [2.45, 2.75) is 431 Å². The van der Waals surface area contributed by atoms with Gasteiger partial charge in [-0.3, -0.25) is 14.4 Å². The van der Waals surface area contributed by atoms with E-state index >= 15 is 0 Å². The molecule has 0 amide bonds. The van der Waals surface area contributed by atoms with Crippen molar-refractivity contribution in [3.8, 4) is 0 Å². The van der Waals surface area contributed by atoms with Crippen LogP contribution in [-0.2, 0) is 28.6 Å². The average Bonchev–Trinajstić information content (AvgIpc) is 3.48. The maximum atomic E-state index is 13.0. The number of carbonyl (C=O) groups excluding carboxylic acids is 3. The van der Waals surface area contributed by atoms with Crippen LogP contribution in [0.2, 0.25) is 0 Å². The highest BCUT2D eigenvalue weighted by atomic mass is 16.6. The predicted molar refractivity (Wildman–Crippen MR) is 358 cm³/mol. The number of hydrogen-bond donors (Lipinski definition) is 0. The van der Waals surface area contributed by atoms with Crippen LogP contribution >= 0.6 is 0 Å². The molecule has 1 unspecified atom stereocenters. The Balaban J connectivity index is 4.18. The van der Waals surface area contributed by atoms with Crippen LogP contribution in [0.3, 0.4) is 0 Å². The van der Waals surface area contributed by atoms with Crippen molar-refractivity contribution in [2.24, 2.45) is 0 Å². The van der Waals surface area contributed by atoms with Gasteiger partial charge in [-0.05, 0) is 44.9 Å². The Morgan fingerprint density at radius 1 is 0.244 bits per heavy atom. The van der Waals surface area contributed by atoms with E-state index in [1.807, 2.05) is 0 Å². The first-order chi connectivity index (χ1) is 40.5. The second kappa shape index (κ2) is 71.4. The maximum absolute atomic E-state index is 13.0. The van der Waals surface area contributed by atoms with Crippen LogP contribution in [0.5, 0.6) is 0 Å². The lowest BCUT2D eigenvalue weighted by Gasteiger charge is -2.18. The standard InChI is InChI=1S/C76H144O6/c1-4-7-10-13-16-19-22-25-28-30-32-34-35-36-37-38-39-40-41-43-44-46-48-51-54-57-60-63-66-69-75(78)81-72-73(71-80-74(77)68-65-62-59-56-53-50-27-24-21-18-15-12-9-6-3)82-76(79)70-67-64-61-58-55-52-49-47-45-42-33-31-29-26-23-20-17-14-11-8-5-2/h15,18,24,27,73H,4-14,16-17,19-23,25-26,28-72H2,1-3H3/b18-15-,27-24-. The maximum Gasteiger partial charge on any atom is 0.306 e. The van der Waals surface area contributed by atoms with Gasteiger partial charge in [0.05, 0.1) is 0 Å². The molecule has 0 aliphatic rings. The molecule has 0 aliphatic heterocycles. The lowest BCUT2D eigenvalue weighted by Crippen LogP contribution is -2.30. The third-order valence-corrected chi connectivity index (χ3v) is 17.2. The molecule has 0 N–H and O–H groups in total.